The van der Waals surface area contributed by atoms with Crippen LogP contribution in [0, 0.1) is 0 Å². The lowest BCUT2D eigenvalue weighted by Gasteiger charge is -2.21. The second-order valence-corrected chi connectivity index (χ2v) is 10.9. The van der Waals surface area contributed by atoms with E-state index in [1.54, 1.807) is 29.5 Å². The van der Waals surface area contributed by atoms with Gasteiger partial charge in [-0.15, -0.1) is 11.3 Å². The van der Waals surface area contributed by atoms with Gasteiger partial charge in [0.15, 0.2) is 0 Å². The first-order valence-corrected chi connectivity index (χ1v) is 12.9. The van der Waals surface area contributed by atoms with E-state index >= 15 is 0 Å². The molecule has 0 spiro atoms. The quantitative estimate of drug-likeness (QED) is 0.466. The Labute approximate surface area is 190 Å². The molecule has 1 N–H and O–H groups in total. The number of carbonyl (C=O) groups is 1. The number of thiazole rings is 1. The van der Waals surface area contributed by atoms with Crippen LogP contribution in [-0.2, 0) is 16.4 Å². The van der Waals surface area contributed by atoms with E-state index in [0.717, 1.165) is 26.4 Å². The molecular weight excluding hydrogens is 442 g/mol. The fraction of sp³-hybridized carbons (Fsp3) is 0.167. The van der Waals surface area contributed by atoms with Crippen LogP contribution in [0.5, 0.6) is 0 Å². The van der Waals surface area contributed by atoms with Crippen molar-refractivity contribution in [2.24, 2.45) is 0 Å². The first-order valence-electron chi connectivity index (χ1n) is 10.2. The first kappa shape index (κ1) is 20.7. The molecule has 0 saturated carbocycles. The minimum absolute atomic E-state index is 0.159. The number of nitrogens with zero attached hydrogens (tertiary/aromatic N) is 2. The Morgan fingerprint density at radius 1 is 1.09 bits per heavy atom. The van der Waals surface area contributed by atoms with Gasteiger partial charge in [0.05, 0.1) is 22.2 Å². The molecule has 32 heavy (non-hydrogen) atoms. The minimum Gasteiger partial charge on any atom is -0.322 e. The summed E-state index contributed by atoms with van der Waals surface area (Å²) in [6.45, 7) is 1.87. The number of hydrogen-bond acceptors (Lipinski definition) is 5. The highest BCUT2D eigenvalue weighted by atomic mass is 32.2. The average Bonchev–Trinajstić information content (AvgIpc) is 3.33. The maximum Gasteiger partial charge on any atom is 0.255 e. The largest absolute Gasteiger partial charge is 0.322 e. The molecule has 1 aromatic heterocycles. The highest BCUT2D eigenvalue weighted by Gasteiger charge is 2.32. The van der Waals surface area contributed by atoms with Gasteiger partial charge in [-0.2, -0.15) is 0 Å². The summed E-state index contributed by atoms with van der Waals surface area (Å²) in [6, 6.07) is 20.6. The molecule has 6 nitrogen and oxygen atoms in total. The van der Waals surface area contributed by atoms with Gasteiger partial charge < -0.3 is 5.32 Å². The number of carbonyl (C=O) groups excluding carboxylic acids is 1. The zero-order valence-electron chi connectivity index (χ0n) is 17.6. The Morgan fingerprint density at radius 3 is 2.56 bits per heavy atom. The van der Waals surface area contributed by atoms with Crippen LogP contribution in [-0.4, -0.2) is 31.6 Å². The highest BCUT2D eigenvalue weighted by molar-refractivity contribution is 7.92. The Kier molecular flexibility index (Phi) is 4.98. The molecule has 1 atom stereocenters. The van der Waals surface area contributed by atoms with Gasteiger partial charge in [-0.05, 0) is 73.5 Å². The van der Waals surface area contributed by atoms with Gasteiger partial charge in [0.2, 0.25) is 10.0 Å². The van der Waals surface area contributed by atoms with Crippen molar-refractivity contribution in [3.8, 4) is 10.6 Å². The molecule has 1 unspecified atom stereocenters. The third-order valence-electron chi connectivity index (χ3n) is 5.54. The van der Waals surface area contributed by atoms with Crippen LogP contribution >= 0.6 is 11.3 Å². The topological polar surface area (TPSA) is 79.4 Å². The van der Waals surface area contributed by atoms with Crippen molar-refractivity contribution in [2.45, 2.75) is 19.4 Å². The monoisotopic (exact) mass is 463 g/mol. The van der Waals surface area contributed by atoms with Crippen LogP contribution in [0.15, 0.2) is 66.7 Å². The maximum atomic E-state index is 12.8. The summed E-state index contributed by atoms with van der Waals surface area (Å²) in [5.41, 5.74) is 4.67. The van der Waals surface area contributed by atoms with Gasteiger partial charge in [0.25, 0.3) is 5.91 Å². The second-order valence-electron chi connectivity index (χ2n) is 7.97. The molecule has 3 aromatic carbocycles. The molecule has 162 valence electrons. The normalized spacial score (nSPS) is 15.7. The number of anilines is 2. The second kappa shape index (κ2) is 7.72. The van der Waals surface area contributed by atoms with Crippen molar-refractivity contribution in [1.82, 2.24) is 4.98 Å². The van der Waals surface area contributed by atoms with Gasteiger partial charge in [0.1, 0.15) is 5.01 Å². The van der Waals surface area contributed by atoms with Crippen molar-refractivity contribution >= 4 is 48.9 Å². The van der Waals surface area contributed by atoms with E-state index < -0.39 is 10.0 Å². The lowest BCUT2D eigenvalue weighted by Crippen LogP contribution is -2.34. The predicted molar refractivity (Wildman–Crippen MR) is 130 cm³/mol. The smallest absolute Gasteiger partial charge is 0.255 e. The SMILES string of the molecule is CC1Cc2cc(C(=O)Nc3ccc(-c4nc5ccccc5s4)cc3)ccc2N1S(C)(=O)=O. The summed E-state index contributed by atoms with van der Waals surface area (Å²) in [5.74, 6) is -0.231. The summed E-state index contributed by atoms with van der Waals surface area (Å²) in [7, 11) is -3.35. The van der Waals surface area contributed by atoms with Crippen molar-refractivity contribution < 1.29 is 13.2 Å². The molecule has 0 radical (unpaired) electrons. The van der Waals surface area contributed by atoms with Gasteiger partial charge >= 0.3 is 0 Å². The molecule has 5 rings (SSSR count). The van der Waals surface area contributed by atoms with E-state index in [1.165, 1.54) is 10.6 Å². The number of fused-ring (bicyclic) bond motifs is 2. The third-order valence-corrected chi connectivity index (χ3v) is 7.89. The number of rotatable bonds is 4. The van der Waals surface area contributed by atoms with Gasteiger partial charge in [-0.3, -0.25) is 9.10 Å². The van der Waals surface area contributed by atoms with Crippen molar-refractivity contribution in [2.75, 3.05) is 15.9 Å². The molecule has 1 amide bonds. The third kappa shape index (κ3) is 3.76. The Morgan fingerprint density at radius 2 is 1.84 bits per heavy atom. The average molecular weight is 464 g/mol. The maximum absolute atomic E-state index is 12.8. The summed E-state index contributed by atoms with van der Waals surface area (Å²) in [6.07, 6.45) is 1.79. The van der Waals surface area contributed by atoms with E-state index in [2.05, 4.69) is 16.4 Å². The highest BCUT2D eigenvalue weighted by Crippen LogP contribution is 2.35. The molecule has 0 bridgehead atoms. The van der Waals surface area contributed by atoms with Crippen molar-refractivity contribution in [3.05, 3.63) is 77.9 Å². The Balaban J connectivity index is 1.34. The molecule has 2 heterocycles. The molecule has 0 fully saturated rings. The van der Waals surface area contributed by atoms with Crippen molar-refractivity contribution in [3.63, 3.8) is 0 Å². The summed E-state index contributed by atoms with van der Waals surface area (Å²) in [5, 5.41) is 3.86. The molecule has 0 aliphatic carbocycles. The number of nitrogens with one attached hydrogen (secondary N) is 1. The number of benzene rings is 3. The van der Waals surface area contributed by atoms with Crippen LogP contribution < -0.4 is 9.62 Å². The molecule has 4 aromatic rings. The zero-order valence-corrected chi connectivity index (χ0v) is 19.2. The van der Waals surface area contributed by atoms with Crippen molar-refractivity contribution in [1.29, 1.82) is 0 Å². The number of aromatic nitrogens is 1. The fourth-order valence-corrected chi connectivity index (χ4v) is 6.38. The fourth-order valence-electron chi connectivity index (χ4n) is 4.14. The zero-order chi connectivity index (χ0) is 22.5. The van der Waals surface area contributed by atoms with Gasteiger partial charge in [-0.25, -0.2) is 13.4 Å². The van der Waals surface area contributed by atoms with E-state index in [4.69, 9.17) is 0 Å². The van der Waals surface area contributed by atoms with Gasteiger partial charge in [0, 0.05) is 22.9 Å². The number of para-hydroxylation sites is 1. The molecular formula is C24H21N3O3S2. The molecule has 1 aliphatic heterocycles. The molecule has 1 aliphatic rings. The molecule has 0 saturated heterocycles. The lowest BCUT2D eigenvalue weighted by atomic mass is 10.1. The summed E-state index contributed by atoms with van der Waals surface area (Å²) < 4.78 is 26.7. The van der Waals surface area contributed by atoms with E-state index in [9.17, 15) is 13.2 Å². The number of hydrogen-bond donors (Lipinski definition) is 1. The Hall–Kier alpha value is -3.23. The van der Waals surface area contributed by atoms with Crippen LogP contribution in [0.25, 0.3) is 20.8 Å². The number of amides is 1. The molecule has 8 heteroatoms. The van der Waals surface area contributed by atoms with Crippen LogP contribution in [0.4, 0.5) is 11.4 Å². The van der Waals surface area contributed by atoms with E-state index in [-0.39, 0.29) is 11.9 Å². The lowest BCUT2D eigenvalue weighted by molar-refractivity contribution is 0.102. The first-order chi connectivity index (χ1) is 15.3. The standard InChI is InChI=1S/C24H21N3O3S2/c1-15-13-18-14-17(9-12-21(18)27(15)32(2,29)30)23(28)25-19-10-7-16(8-11-19)24-26-20-5-3-4-6-22(20)31-24/h3-12,14-15H,13H2,1-2H3,(H,25,28). The van der Waals surface area contributed by atoms with E-state index in [1.807, 2.05) is 49.4 Å². The van der Waals surface area contributed by atoms with Crippen LogP contribution in [0.3, 0.4) is 0 Å². The van der Waals surface area contributed by atoms with E-state index in [0.29, 0.717) is 23.4 Å². The van der Waals surface area contributed by atoms with Gasteiger partial charge in [-0.1, -0.05) is 12.1 Å². The predicted octanol–water partition coefficient (Wildman–Crippen LogP) is 4.93. The minimum atomic E-state index is -3.35. The van der Waals surface area contributed by atoms with Crippen LogP contribution in [0.1, 0.15) is 22.8 Å². The number of sulfonamides is 1. The van der Waals surface area contributed by atoms with Crippen LogP contribution in [0.2, 0.25) is 0 Å². The Bertz CT molecular complexity index is 1410. The summed E-state index contributed by atoms with van der Waals surface area (Å²) >= 11 is 1.64. The summed E-state index contributed by atoms with van der Waals surface area (Å²) in [4.78, 5) is 17.5.